The first-order valence-corrected chi connectivity index (χ1v) is 15.1. The van der Waals surface area contributed by atoms with Gasteiger partial charge in [-0.2, -0.15) is 0 Å². The van der Waals surface area contributed by atoms with E-state index in [-0.39, 0.29) is 12.0 Å². The summed E-state index contributed by atoms with van der Waals surface area (Å²) in [6.45, 7) is 2.05. The lowest BCUT2D eigenvalue weighted by Gasteiger charge is -2.19. The van der Waals surface area contributed by atoms with Gasteiger partial charge in [0.1, 0.15) is 17.9 Å². The van der Waals surface area contributed by atoms with Crippen LogP contribution in [0.15, 0.2) is 67.0 Å². The molecule has 0 aliphatic heterocycles. The topological polar surface area (TPSA) is 88.6 Å². The first-order chi connectivity index (χ1) is 21.0. The Kier molecular flexibility index (Phi) is 8.88. The Labute approximate surface area is 257 Å². The maximum atomic E-state index is 13.0. The molecule has 1 heterocycles. The van der Waals surface area contributed by atoms with E-state index in [1.807, 2.05) is 37.4 Å². The Morgan fingerprint density at radius 3 is 2.79 bits per heavy atom. The molecule has 1 fully saturated rings. The summed E-state index contributed by atoms with van der Waals surface area (Å²) in [7, 11) is 3.66. The van der Waals surface area contributed by atoms with Crippen LogP contribution in [0.5, 0.6) is 5.75 Å². The van der Waals surface area contributed by atoms with Crippen LogP contribution in [0.3, 0.4) is 0 Å². The standard InChI is InChI=1S/C34H36ClN5O3/c1-40(16-17-42-2)15-7-12-31(41)38-29-19-26-28(20-30(29)43-24-9-4-5-10-24)36-21-37-34(26)39-33-27(35)14-13-23-18-22-8-3-6-11-25(22)32(23)33/h3,6-8,11-14,19-21,24H,4-5,9-10,15-18H2,1-2H3,(H,38,41)(H,36,37,39). The number of nitrogens with zero attached hydrogens (tertiary/aromatic N) is 3. The van der Waals surface area contributed by atoms with E-state index in [1.54, 1.807) is 13.2 Å². The van der Waals surface area contributed by atoms with Crippen LogP contribution < -0.4 is 15.4 Å². The molecule has 222 valence electrons. The number of benzene rings is 3. The van der Waals surface area contributed by atoms with Crippen molar-refractivity contribution >= 4 is 45.6 Å². The fourth-order valence-electron chi connectivity index (χ4n) is 5.86. The molecule has 6 rings (SSSR count). The molecule has 1 aromatic heterocycles. The molecule has 1 saturated carbocycles. The highest BCUT2D eigenvalue weighted by molar-refractivity contribution is 6.34. The first kappa shape index (κ1) is 29.1. The third-order valence-electron chi connectivity index (χ3n) is 8.11. The van der Waals surface area contributed by atoms with Gasteiger partial charge in [0.2, 0.25) is 5.91 Å². The van der Waals surface area contributed by atoms with Crippen molar-refractivity contribution in [2.45, 2.75) is 38.2 Å². The third kappa shape index (κ3) is 6.51. The number of ether oxygens (including phenoxy) is 2. The number of anilines is 3. The van der Waals surface area contributed by atoms with E-state index >= 15 is 0 Å². The number of aromatic nitrogens is 2. The largest absolute Gasteiger partial charge is 0.488 e. The molecule has 2 aliphatic carbocycles. The molecule has 2 N–H and O–H groups in total. The number of likely N-dealkylation sites (N-methyl/N-ethyl adjacent to an activating group) is 1. The quantitative estimate of drug-likeness (QED) is 0.159. The van der Waals surface area contributed by atoms with Gasteiger partial charge in [-0.3, -0.25) is 4.79 Å². The van der Waals surface area contributed by atoms with E-state index in [2.05, 4.69) is 49.8 Å². The molecule has 43 heavy (non-hydrogen) atoms. The number of carbonyl (C=O) groups is 1. The van der Waals surface area contributed by atoms with Crippen molar-refractivity contribution in [2.24, 2.45) is 0 Å². The van der Waals surface area contributed by atoms with E-state index in [9.17, 15) is 4.79 Å². The Morgan fingerprint density at radius 1 is 1.12 bits per heavy atom. The zero-order chi connectivity index (χ0) is 29.8. The summed E-state index contributed by atoms with van der Waals surface area (Å²) in [6, 6.07) is 16.2. The monoisotopic (exact) mass is 597 g/mol. The lowest BCUT2D eigenvalue weighted by Crippen LogP contribution is -2.23. The zero-order valence-corrected chi connectivity index (χ0v) is 25.3. The second kappa shape index (κ2) is 13.1. The van der Waals surface area contributed by atoms with Crippen molar-refractivity contribution in [3.8, 4) is 16.9 Å². The normalized spacial score (nSPS) is 14.4. The second-order valence-corrected chi connectivity index (χ2v) is 11.6. The number of nitrogens with one attached hydrogen (secondary N) is 2. The SMILES string of the molecule is COCCN(C)CC=CC(=O)Nc1cc2c(Nc3c(Cl)ccc4c3-c3ccccc3C4)ncnc2cc1OC1CCCC1. The number of hydrogen-bond donors (Lipinski definition) is 2. The van der Waals surface area contributed by atoms with E-state index in [0.717, 1.165) is 55.3 Å². The Bertz CT molecular complexity index is 1670. The molecule has 0 spiro atoms. The van der Waals surface area contributed by atoms with Crippen LogP contribution in [0.1, 0.15) is 36.8 Å². The highest BCUT2D eigenvalue weighted by Gasteiger charge is 2.24. The number of carbonyl (C=O) groups excluding carboxylic acids is 1. The molecule has 0 atom stereocenters. The first-order valence-electron chi connectivity index (χ1n) is 14.8. The van der Waals surface area contributed by atoms with Crippen LogP contribution in [-0.2, 0) is 16.0 Å². The predicted molar refractivity (Wildman–Crippen MR) is 173 cm³/mol. The van der Waals surface area contributed by atoms with Crippen LogP contribution >= 0.6 is 11.6 Å². The molecule has 8 nitrogen and oxygen atoms in total. The van der Waals surface area contributed by atoms with Gasteiger partial charge in [0.15, 0.2) is 0 Å². The summed E-state index contributed by atoms with van der Waals surface area (Å²) in [5.41, 5.74) is 6.84. The number of methoxy groups -OCH3 is 1. The van der Waals surface area contributed by atoms with Crippen molar-refractivity contribution in [3.05, 3.63) is 83.2 Å². The summed E-state index contributed by atoms with van der Waals surface area (Å²) >= 11 is 6.79. The van der Waals surface area contributed by atoms with Gasteiger partial charge in [-0.1, -0.05) is 48.0 Å². The van der Waals surface area contributed by atoms with Crippen LogP contribution in [0.25, 0.3) is 22.0 Å². The summed E-state index contributed by atoms with van der Waals surface area (Å²) in [5.74, 6) is 0.973. The minimum absolute atomic E-state index is 0.114. The highest BCUT2D eigenvalue weighted by atomic mass is 35.5. The Balaban J connectivity index is 1.33. The molecule has 1 amide bonds. The van der Waals surface area contributed by atoms with E-state index in [4.69, 9.17) is 21.1 Å². The van der Waals surface area contributed by atoms with Gasteiger partial charge < -0.3 is 25.0 Å². The minimum atomic E-state index is -0.234. The Hall–Kier alpha value is -3.98. The van der Waals surface area contributed by atoms with Crippen molar-refractivity contribution < 1.29 is 14.3 Å². The van der Waals surface area contributed by atoms with Crippen LogP contribution in [0, 0.1) is 0 Å². The maximum absolute atomic E-state index is 13.0. The number of rotatable bonds is 11. The number of fused-ring (bicyclic) bond motifs is 4. The molecule has 0 saturated heterocycles. The smallest absolute Gasteiger partial charge is 0.248 e. The molecule has 4 aromatic rings. The van der Waals surface area contributed by atoms with Gasteiger partial charge in [0.05, 0.1) is 34.6 Å². The Morgan fingerprint density at radius 2 is 1.95 bits per heavy atom. The van der Waals surface area contributed by atoms with Gasteiger partial charge in [-0.25, -0.2) is 9.97 Å². The lowest BCUT2D eigenvalue weighted by atomic mass is 10.0. The van der Waals surface area contributed by atoms with Gasteiger partial charge >= 0.3 is 0 Å². The van der Waals surface area contributed by atoms with Gasteiger partial charge in [-0.05, 0) is 68.0 Å². The average Bonchev–Trinajstić information content (AvgIpc) is 3.66. The van der Waals surface area contributed by atoms with Crippen molar-refractivity contribution in [2.75, 3.05) is 44.5 Å². The van der Waals surface area contributed by atoms with Crippen LogP contribution in [-0.4, -0.2) is 60.7 Å². The van der Waals surface area contributed by atoms with Crippen LogP contribution in [0.2, 0.25) is 5.02 Å². The van der Waals surface area contributed by atoms with E-state index in [1.165, 1.54) is 23.0 Å². The zero-order valence-electron chi connectivity index (χ0n) is 24.5. The van der Waals surface area contributed by atoms with Crippen molar-refractivity contribution in [3.63, 3.8) is 0 Å². The average molecular weight is 598 g/mol. The molecule has 3 aromatic carbocycles. The summed E-state index contributed by atoms with van der Waals surface area (Å²) in [6.07, 6.45) is 10.2. The molecule has 2 aliphatic rings. The summed E-state index contributed by atoms with van der Waals surface area (Å²) in [5, 5.41) is 7.93. The lowest BCUT2D eigenvalue weighted by molar-refractivity contribution is -0.111. The maximum Gasteiger partial charge on any atom is 0.248 e. The number of hydrogen-bond acceptors (Lipinski definition) is 7. The number of amides is 1. The van der Waals surface area contributed by atoms with Gasteiger partial charge in [0.25, 0.3) is 0 Å². The molecule has 0 radical (unpaired) electrons. The molecule has 0 unspecified atom stereocenters. The van der Waals surface area contributed by atoms with Gasteiger partial charge in [-0.15, -0.1) is 0 Å². The summed E-state index contributed by atoms with van der Waals surface area (Å²) < 4.78 is 11.5. The molecular formula is C34H36ClN5O3. The molecule has 0 bridgehead atoms. The van der Waals surface area contributed by atoms with E-state index < -0.39 is 0 Å². The van der Waals surface area contributed by atoms with E-state index in [0.29, 0.717) is 40.9 Å². The predicted octanol–water partition coefficient (Wildman–Crippen LogP) is 6.99. The van der Waals surface area contributed by atoms with Gasteiger partial charge in [0, 0.05) is 43.3 Å². The molecular weight excluding hydrogens is 562 g/mol. The fourth-order valence-corrected chi connectivity index (χ4v) is 6.06. The highest BCUT2D eigenvalue weighted by Crippen LogP contribution is 2.46. The number of halogens is 1. The molecule has 9 heteroatoms. The van der Waals surface area contributed by atoms with Crippen LogP contribution in [0.4, 0.5) is 17.2 Å². The van der Waals surface area contributed by atoms with Crippen molar-refractivity contribution in [1.29, 1.82) is 0 Å². The summed E-state index contributed by atoms with van der Waals surface area (Å²) in [4.78, 5) is 24.3. The van der Waals surface area contributed by atoms with Crippen molar-refractivity contribution in [1.82, 2.24) is 14.9 Å². The fraction of sp³-hybridized carbons (Fsp3) is 0.324. The third-order valence-corrected chi connectivity index (χ3v) is 8.42. The second-order valence-electron chi connectivity index (χ2n) is 11.2. The minimum Gasteiger partial charge on any atom is -0.488 e.